The van der Waals surface area contributed by atoms with Crippen molar-refractivity contribution in [1.82, 2.24) is 20.1 Å². The van der Waals surface area contributed by atoms with Gasteiger partial charge in [0.05, 0.1) is 28.4 Å². The molecule has 1 unspecified atom stereocenters. The third kappa shape index (κ3) is 5.47. The number of thiophene rings is 1. The van der Waals surface area contributed by atoms with E-state index in [1.165, 1.54) is 16.2 Å². The molecule has 12 nitrogen and oxygen atoms in total. The molecular formula is C33H32N6O6S. The first-order valence-electron chi connectivity index (χ1n) is 15.2. The quantitative estimate of drug-likeness (QED) is 0.242. The first-order chi connectivity index (χ1) is 22.3. The second-order valence-electron chi connectivity index (χ2n) is 11.8. The summed E-state index contributed by atoms with van der Waals surface area (Å²) < 4.78 is 5.98. The summed E-state index contributed by atoms with van der Waals surface area (Å²) in [7, 11) is 0. The van der Waals surface area contributed by atoms with Gasteiger partial charge in [-0.2, -0.15) is 0 Å². The van der Waals surface area contributed by atoms with E-state index in [1.54, 1.807) is 22.1 Å². The Morgan fingerprint density at radius 3 is 2.59 bits per heavy atom. The minimum absolute atomic E-state index is 0.0733. The molecule has 3 N–H and O–H groups in total. The summed E-state index contributed by atoms with van der Waals surface area (Å²) >= 11 is 1.21. The Morgan fingerprint density at radius 1 is 1.00 bits per heavy atom. The number of nitrogens with zero attached hydrogens (tertiary/aromatic N) is 4. The number of hydrogen-bond acceptors (Lipinski definition) is 7. The van der Waals surface area contributed by atoms with Gasteiger partial charge in [0.2, 0.25) is 5.91 Å². The van der Waals surface area contributed by atoms with Crippen LogP contribution in [0.2, 0.25) is 0 Å². The lowest BCUT2D eigenvalue weighted by molar-refractivity contribution is -0.136. The Balaban J connectivity index is 1.10. The van der Waals surface area contributed by atoms with Crippen molar-refractivity contribution in [1.29, 1.82) is 0 Å². The van der Waals surface area contributed by atoms with Crippen molar-refractivity contribution in [3.05, 3.63) is 71.2 Å². The van der Waals surface area contributed by atoms with Gasteiger partial charge in [0, 0.05) is 38.4 Å². The lowest BCUT2D eigenvalue weighted by Crippen LogP contribution is -2.51. The number of amides is 5. The summed E-state index contributed by atoms with van der Waals surface area (Å²) in [6.07, 6.45) is 2.54. The number of ether oxygens (including phenoxy) is 1. The zero-order valence-corrected chi connectivity index (χ0v) is 25.9. The van der Waals surface area contributed by atoms with Crippen molar-refractivity contribution in [2.75, 3.05) is 36.4 Å². The SMILES string of the molecule is Cc1cc(Oc2ccccc2)ccc1N1C(=O)Nc2c(C(=O)N[C@@H]3CCCN(C(=O)C4CCN(C(=O)O)C4)C3)sc3nccc1c23. The molecule has 0 aliphatic carbocycles. The highest BCUT2D eigenvalue weighted by atomic mass is 32.1. The van der Waals surface area contributed by atoms with Crippen LogP contribution in [0, 0.1) is 12.8 Å². The zero-order chi connectivity index (χ0) is 31.9. The van der Waals surface area contributed by atoms with Crippen LogP contribution in [-0.4, -0.2) is 76.0 Å². The number of rotatable bonds is 6. The molecule has 2 saturated heterocycles. The number of urea groups is 1. The number of para-hydroxylation sites is 1. The van der Waals surface area contributed by atoms with E-state index in [2.05, 4.69) is 15.6 Å². The molecule has 2 fully saturated rings. The molecule has 0 saturated carbocycles. The summed E-state index contributed by atoms with van der Waals surface area (Å²) in [5, 5.41) is 16.0. The number of aromatic nitrogens is 1. The molecule has 4 aromatic rings. The van der Waals surface area contributed by atoms with Crippen LogP contribution in [-0.2, 0) is 4.79 Å². The van der Waals surface area contributed by atoms with Gasteiger partial charge >= 0.3 is 12.1 Å². The Morgan fingerprint density at radius 2 is 1.83 bits per heavy atom. The number of aryl methyl sites for hydroxylation is 1. The van der Waals surface area contributed by atoms with Crippen LogP contribution in [0.5, 0.6) is 11.5 Å². The van der Waals surface area contributed by atoms with Gasteiger partial charge < -0.3 is 30.3 Å². The van der Waals surface area contributed by atoms with Crippen LogP contribution in [0.1, 0.15) is 34.5 Å². The maximum absolute atomic E-state index is 13.7. The summed E-state index contributed by atoms with van der Waals surface area (Å²) in [6.45, 7) is 3.38. The van der Waals surface area contributed by atoms with Gasteiger partial charge in [-0.05, 0) is 68.1 Å². The number of likely N-dealkylation sites (tertiary alicyclic amines) is 2. The molecule has 3 aliphatic heterocycles. The maximum atomic E-state index is 13.7. The Kier molecular flexibility index (Phi) is 7.69. The molecule has 3 aliphatic rings. The zero-order valence-electron chi connectivity index (χ0n) is 25.1. The molecule has 46 heavy (non-hydrogen) atoms. The highest BCUT2D eigenvalue weighted by Crippen LogP contribution is 2.46. The smallest absolute Gasteiger partial charge is 0.407 e. The van der Waals surface area contributed by atoms with Crippen LogP contribution < -0.4 is 20.3 Å². The first-order valence-corrected chi connectivity index (χ1v) is 16.0. The Labute approximate surface area is 268 Å². The largest absolute Gasteiger partial charge is 0.465 e. The van der Waals surface area contributed by atoms with Gasteiger partial charge in [-0.25, -0.2) is 14.6 Å². The molecule has 0 spiro atoms. The Hall–Kier alpha value is -5.17. The van der Waals surface area contributed by atoms with Crippen molar-refractivity contribution in [3.8, 4) is 11.5 Å². The van der Waals surface area contributed by atoms with Gasteiger partial charge in [0.25, 0.3) is 5.91 Å². The molecule has 2 aromatic heterocycles. The maximum Gasteiger partial charge on any atom is 0.407 e. The summed E-state index contributed by atoms with van der Waals surface area (Å²) in [6, 6.07) is 16.1. The van der Waals surface area contributed by atoms with Gasteiger partial charge in [-0.3, -0.25) is 14.5 Å². The number of hydrogen-bond donors (Lipinski definition) is 3. The lowest BCUT2D eigenvalue weighted by Gasteiger charge is -2.34. The van der Waals surface area contributed by atoms with E-state index >= 15 is 0 Å². The number of nitrogens with one attached hydrogen (secondary N) is 2. The van der Waals surface area contributed by atoms with Gasteiger partial charge in [-0.1, -0.05) is 18.2 Å². The number of carbonyl (C=O) groups excluding carboxylic acids is 3. The van der Waals surface area contributed by atoms with Gasteiger partial charge in [0.1, 0.15) is 21.2 Å². The highest BCUT2D eigenvalue weighted by molar-refractivity contribution is 7.21. The minimum atomic E-state index is -1.01. The first kappa shape index (κ1) is 29.5. The molecule has 5 heterocycles. The fourth-order valence-electron chi connectivity index (χ4n) is 6.49. The third-order valence-electron chi connectivity index (χ3n) is 8.72. The van der Waals surface area contributed by atoms with E-state index in [4.69, 9.17) is 4.74 Å². The highest BCUT2D eigenvalue weighted by Gasteiger charge is 2.37. The molecule has 5 amide bonds. The molecule has 7 rings (SSSR count). The number of carbonyl (C=O) groups is 4. The molecule has 0 radical (unpaired) electrons. The Bertz CT molecular complexity index is 1860. The molecule has 13 heteroatoms. The van der Waals surface area contributed by atoms with Crippen molar-refractivity contribution in [3.63, 3.8) is 0 Å². The van der Waals surface area contributed by atoms with Crippen molar-refractivity contribution in [2.45, 2.75) is 32.2 Å². The summed E-state index contributed by atoms with van der Waals surface area (Å²) in [5.74, 6) is 0.581. The fourth-order valence-corrected chi connectivity index (χ4v) is 7.51. The normalized spacial score (nSPS) is 19.2. The molecule has 236 valence electrons. The average Bonchev–Trinajstić information content (AvgIpc) is 3.69. The second-order valence-corrected chi connectivity index (χ2v) is 12.8. The van der Waals surface area contributed by atoms with Crippen LogP contribution in [0.15, 0.2) is 60.8 Å². The van der Waals surface area contributed by atoms with E-state index in [1.807, 2.05) is 55.5 Å². The minimum Gasteiger partial charge on any atom is -0.465 e. The van der Waals surface area contributed by atoms with E-state index < -0.39 is 12.1 Å². The van der Waals surface area contributed by atoms with Gasteiger partial charge in [-0.15, -0.1) is 11.3 Å². The monoisotopic (exact) mass is 640 g/mol. The topological polar surface area (TPSA) is 144 Å². The van der Waals surface area contributed by atoms with Gasteiger partial charge in [0.15, 0.2) is 0 Å². The number of piperidine rings is 1. The second kappa shape index (κ2) is 12.0. The summed E-state index contributed by atoms with van der Waals surface area (Å²) in [5.41, 5.74) is 2.55. The molecule has 2 aromatic carbocycles. The molecular weight excluding hydrogens is 608 g/mol. The number of pyridine rings is 1. The van der Waals surface area contributed by atoms with Crippen LogP contribution >= 0.6 is 11.3 Å². The lowest BCUT2D eigenvalue weighted by atomic mass is 10.0. The van der Waals surface area contributed by atoms with Crippen LogP contribution in [0.4, 0.5) is 26.7 Å². The van der Waals surface area contributed by atoms with Crippen molar-refractivity contribution >= 4 is 62.6 Å². The van der Waals surface area contributed by atoms with Crippen molar-refractivity contribution in [2.24, 2.45) is 5.92 Å². The standard InChI is InChI=1S/C33H32N6O6S/c1-19-16-23(45-22-7-3-2-4-8-22)9-10-24(19)39-25-11-13-34-30-26(25)27(36-32(39)42)28(46-30)29(40)35-21-6-5-14-37(18-21)31(41)20-12-15-38(17-20)33(43)44/h2-4,7-11,13,16,20-21H,5-6,12,14-15,17-18H2,1H3,(H,35,40)(H,36,42)(H,43,44)/t20?,21-/m1/s1. The van der Waals surface area contributed by atoms with Crippen molar-refractivity contribution < 1.29 is 29.0 Å². The molecule has 0 bridgehead atoms. The predicted octanol–water partition coefficient (Wildman–Crippen LogP) is 5.80. The van der Waals surface area contributed by atoms with E-state index in [-0.39, 0.29) is 30.3 Å². The van der Waals surface area contributed by atoms with E-state index in [9.17, 15) is 24.3 Å². The number of carboxylic acid groups (broad SMARTS) is 1. The number of benzene rings is 2. The van der Waals surface area contributed by atoms with Crippen LogP contribution in [0.3, 0.4) is 0 Å². The van der Waals surface area contributed by atoms with E-state index in [0.29, 0.717) is 76.1 Å². The average molecular weight is 641 g/mol. The predicted molar refractivity (Wildman–Crippen MR) is 173 cm³/mol. The van der Waals surface area contributed by atoms with E-state index in [0.717, 1.165) is 12.0 Å². The fraction of sp³-hybridized carbons (Fsp3) is 0.303. The summed E-state index contributed by atoms with van der Waals surface area (Å²) in [4.78, 5) is 61.9. The molecule has 2 atom stereocenters. The third-order valence-corrected chi connectivity index (χ3v) is 9.81. The number of anilines is 3. The van der Waals surface area contributed by atoms with Crippen LogP contribution in [0.25, 0.3) is 10.2 Å².